The van der Waals surface area contributed by atoms with Crippen molar-refractivity contribution >= 4 is 11.8 Å². The fourth-order valence-corrected chi connectivity index (χ4v) is 3.27. The van der Waals surface area contributed by atoms with Crippen LogP contribution in [0.1, 0.15) is 22.5 Å². The van der Waals surface area contributed by atoms with Gasteiger partial charge in [0.2, 0.25) is 0 Å². The monoisotopic (exact) mass is 375 g/mol. The van der Waals surface area contributed by atoms with Gasteiger partial charge in [0, 0.05) is 23.1 Å². The van der Waals surface area contributed by atoms with Gasteiger partial charge in [-0.2, -0.15) is 18.4 Å². The molecule has 0 amide bonds. The Morgan fingerprint density at radius 1 is 1.19 bits per heavy atom. The first kappa shape index (κ1) is 18.0. The van der Waals surface area contributed by atoms with Gasteiger partial charge in [-0.1, -0.05) is 47.3 Å². The largest absolute Gasteiger partial charge is 0.417 e. The van der Waals surface area contributed by atoms with Crippen LogP contribution in [-0.4, -0.2) is 10.1 Å². The van der Waals surface area contributed by atoms with Crippen LogP contribution >= 0.6 is 11.8 Å². The lowest BCUT2D eigenvalue weighted by Gasteiger charge is -2.12. The van der Waals surface area contributed by atoms with Gasteiger partial charge in [0.25, 0.3) is 0 Å². The van der Waals surface area contributed by atoms with Crippen LogP contribution in [0.5, 0.6) is 0 Å². The summed E-state index contributed by atoms with van der Waals surface area (Å²) < 4.78 is 44.7. The minimum absolute atomic E-state index is 0.0316. The number of aryl methyl sites for hydroxylation is 1. The molecule has 2 aromatic heterocycles. The molecule has 0 fully saturated rings. The van der Waals surface area contributed by atoms with Crippen molar-refractivity contribution in [3.05, 3.63) is 65.0 Å². The summed E-state index contributed by atoms with van der Waals surface area (Å²) in [5.41, 5.74) is 0.153. The average molecular weight is 375 g/mol. The molecule has 0 saturated heterocycles. The smallest absolute Gasteiger partial charge is 0.356 e. The maximum absolute atomic E-state index is 13.1. The fourth-order valence-electron chi connectivity index (χ4n) is 2.34. The first-order valence-electron chi connectivity index (χ1n) is 7.51. The number of halogens is 3. The zero-order valence-electron chi connectivity index (χ0n) is 13.5. The Morgan fingerprint density at radius 3 is 2.58 bits per heavy atom. The number of hydrogen-bond acceptors (Lipinski definition) is 5. The SMILES string of the molecule is Cc1cc(C(F)(F)F)c(C#N)c(SCc2cc(-c3ccccc3)on2)n1. The predicted octanol–water partition coefficient (Wildman–Crippen LogP) is 5.23. The Labute approximate surface area is 151 Å². The molecule has 0 aliphatic heterocycles. The van der Waals surface area contributed by atoms with Crippen LogP contribution in [0, 0.1) is 18.3 Å². The molecular formula is C18H12F3N3OS. The third kappa shape index (κ3) is 3.89. The van der Waals surface area contributed by atoms with Gasteiger partial charge in [0.15, 0.2) is 5.76 Å². The number of nitrogens with zero attached hydrogens (tertiary/aromatic N) is 3. The van der Waals surface area contributed by atoms with Crippen molar-refractivity contribution in [3.8, 4) is 17.4 Å². The molecule has 0 aliphatic carbocycles. The van der Waals surface area contributed by atoms with Gasteiger partial charge in [-0.15, -0.1) is 0 Å². The molecule has 132 valence electrons. The summed E-state index contributed by atoms with van der Waals surface area (Å²) in [6.45, 7) is 1.46. The van der Waals surface area contributed by atoms with E-state index >= 15 is 0 Å². The number of benzene rings is 1. The van der Waals surface area contributed by atoms with Crippen LogP contribution in [0.15, 0.2) is 52.0 Å². The molecule has 0 aliphatic rings. The Kier molecular flexibility index (Phi) is 5.00. The summed E-state index contributed by atoms with van der Waals surface area (Å²) in [6.07, 6.45) is -4.61. The summed E-state index contributed by atoms with van der Waals surface area (Å²) in [7, 11) is 0. The lowest BCUT2D eigenvalue weighted by molar-refractivity contribution is -0.138. The van der Waals surface area contributed by atoms with E-state index in [2.05, 4.69) is 10.1 Å². The molecule has 3 rings (SSSR count). The maximum Gasteiger partial charge on any atom is 0.417 e. The molecule has 1 aromatic carbocycles. The van der Waals surface area contributed by atoms with E-state index in [-0.39, 0.29) is 16.5 Å². The van der Waals surface area contributed by atoms with E-state index in [9.17, 15) is 13.2 Å². The molecule has 0 radical (unpaired) electrons. The summed E-state index contributed by atoms with van der Waals surface area (Å²) in [6, 6.07) is 13.5. The highest BCUT2D eigenvalue weighted by atomic mass is 32.2. The molecule has 26 heavy (non-hydrogen) atoms. The summed E-state index contributed by atoms with van der Waals surface area (Å²) >= 11 is 1.02. The molecule has 2 heterocycles. The molecule has 0 unspecified atom stereocenters. The Balaban J connectivity index is 1.84. The van der Waals surface area contributed by atoms with Gasteiger partial charge in [0.05, 0.1) is 16.8 Å². The molecule has 0 N–H and O–H groups in total. The first-order valence-corrected chi connectivity index (χ1v) is 8.50. The Morgan fingerprint density at radius 2 is 1.92 bits per heavy atom. The normalized spacial score (nSPS) is 11.3. The van der Waals surface area contributed by atoms with Gasteiger partial charge >= 0.3 is 6.18 Å². The molecule has 3 aromatic rings. The van der Waals surface area contributed by atoms with Gasteiger partial charge in [-0.3, -0.25) is 0 Å². The van der Waals surface area contributed by atoms with E-state index in [1.165, 1.54) is 6.92 Å². The first-order chi connectivity index (χ1) is 12.4. The number of nitriles is 1. The molecule has 0 bridgehead atoms. The topological polar surface area (TPSA) is 62.7 Å². The minimum Gasteiger partial charge on any atom is -0.356 e. The van der Waals surface area contributed by atoms with Crippen molar-refractivity contribution in [1.29, 1.82) is 5.26 Å². The van der Waals surface area contributed by atoms with Crippen LogP contribution in [0.25, 0.3) is 11.3 Å². The van der Waals surface area contributed by atoms with Gasteiger partial charge in [-0.25, -0.2) is 4.98 Å². The van der Waals surface area contributed by atoms with Crippen molar-refractivity contribution in [3.63, 3.8) is 0 Å². The van der Waals surface area contributed by atoms with Crippen molar-refractivity contribution in [2.24, 2.45) is 0 Å². The summed E-state index contributed by atoms with van der Waals surface area (Å²) in [5, 5.41) is 13.1. The highest BCUT2D eigenvalue weighted by molar-refractivity contribution is 7.98. The molecule has 8 heteroatoms. The van der Waals surface area contributed by atoms with E-state index in [0.717, 1.165) is 23.4 Å². The van der Waals surface area contributed by atoms with E-state index in [0.29, 0.717) is 11.5 Å². The number of hydrogen-bond donors (Lipinski definition) is 0. The van der Waals surface area contributed by atoms with Crippen molar-refractivity contribution in [2.45, 2.75) is 23.9 Å². The highest BCUT2D eigenvalue weighted by Gasteiger charge is 2.35. The molecule has 0 atom stereocenters. The van der Waals surface area contributed by atoms with E-state index in [4.69, 9.17) is 9.78 Å². The lowest BCUT2D eigenvalue weighted by Crippen LogP contribution is -2.10. The Bertz CT molecular complexity index is 962. The fraction of sp³-hybridized carbons (Fsp3) is 0.167. The Hall–Kier alpha value is -2.79. The molecule has 0 saturated carbocycles. The quantitative estimate of drug-likeness (QED) is 0.585. The summed E-state index contributed by atoms with van der Waals surface area (Å²) in [5.74, 6) is 0.800. The molecule has 0 spiro atoms. The zero-order valence-corrected chi connectivity index (χ0v) is 14.4. The van der Waals surface area contributed by atoms with Crippen LogP contribution in [-0.2, 0) is 11.9 Å². The standard InChI is InChI=1S/C18H12F3N3OS/c1-11-7-15(18(19,20)21)14(9-22)17(23-11)26-10-13-8-16(25-24-13)12-5-3-2-4-6-12/h2-8H,10H2,1H3. The van der Waals surface area contributed by atoms with Gasteiger partial charge in [-0.05, 0) is 13.0 Å². The van der Waals surface area contributed by atoms with E-state index < -0.39 is 17.3 Å². The van der Waals surface area contributed by atoms with E-state index in [1.807, 2.05) is 30.3 Å². The number of alkyl halides is 3. The zero-order chi connectivity index (χ0) is 18.7. The third-order valence-electron chi connectivity index (χ3n) is 3.51. The second kappa shape index (κ2) is 7.22. The van der Waals surface area contributed by atoms with Crippen LogP contribution in [0.2, 0.25) is 0 Å². The van der Waals surface area contributed by atoms with Gasteiger partial charge in [0.1, 0.15) is 11.1 Å². The van der Waals surface area contributed by atoms with Crippen LogP contribution < -0.4 is 0 Å². The predicted molar refractivity (Wildman–Crippen MR) is 90.2 cm³/mol. The van der Waals surface area contributed by atoms with Crippen molar-refractivity contribution in [2.75, 3.05) is 0 Å². The van der Waals surface area contributed by atoms with Crippen LogP contribution in [0.3, 0.4) is 0 Å². The average Bonchev–Trinajstić information content (AvgIpc) is 3.08. The number of pyridine rings is 1. The lowest BCUT2D eigenvalue weighted by atomic mass is 10.1. The van der Waals surface area contributed by atoms with E-state index in [1.54, 1.807) is 12.1 Å². The number of thioether (sulfide) groups is 1. The van der Waals surface area contributed by atoms with Crippen molar-refractivity contribution in [1.82, 2.24) is 10.1 Å². The second-order valence-electron chi connectivity index (χ2n) is 5.44. The minimum atomic E-state index is -4.61. The van der Waals surface area contributed by atoms with Gasteiger partial charge < -0.3 is 4.52 Å². The number of rotatable bonds is 4. The number of aromatic nitrogens is 2. The second-order valence-corrected chi connectivity index (χ2v) is 6.40. The maximum atomic E-state index is 13.1. The summed E-state index contributed by atoms with van der Waals surface area (Å²) in [4.78, 5) is 4.08. The molecule has 4 nitrogen and oxygen atoms in total. The highest BCUT2D eigenvalue weighted by Crippen LogP contribution is 2.36. The van der Waals surface area contributed by atoms with Crippen LogP contribution in [0.4, 0.5) is 13.2 Å². The molecular weight excluding hydrogens is 363 g/mol. The van der Waals surface area contributed by atoms with Crippen molar-refractivity contribution < 1.29 is 17.7 Å². The third-order valence-corrected chi connectivity index (χ3v) is 4.51.